The van der Waals surface area contributed by atoms with E-state index < -0.39 is 18.0 Å². The minimum absolute atomic E-state index is 0.196. The van der Waals surface area contributed by atoms with Gasteiger partial charge in [-0.25, -0.2) is 4.39 Å². The van der Waals surface area contributed by atoms with E-state index in [1.165, 1.54) is 19.1 Å². The predicted octanol–water partition coefficient (Wildman–Crippen LogP) is 1.05. The Hall–Kier alpha value is -1.46. The molecule has 2 atom stereocenters. The monoisotopic (exact) mass is 255 g/mol. The van der Waals surface area contributed by atoms with Crippen molar-refractivity contribution in [1.29, 1.82) is 0 Å². The van der Waals surface area contributed by atoms with Crippen LogP contribution in [0.5, 0.6) is 0 Å². The number of aliphatic hydroxyl groups is 2. The molecule has 18 heavy (non-hydrogen) atoms. The maximum atomic E-state index is 13.1. The molecule has 0 fully saturated rings. The highest BCUT2D eigenvalue weighted by molar-refractivity contribution is 5.72. The van der Waals surface area contributed by atoms with Crippen LogP contribution in [0.2, 0.25) is 0 Å². The van der Waals surface area contributed by atoms with Crippen LogP contribution in [-0.4, -0.2) is 28.8 Å². The summed E-state index contributed by atoms with van der Waals surface area (Å²) in [6.07, 6.45) is -2.00. The highest BCUT2D eigenvalue weighted by Crippen LogP contribution is 2.23. The average Bonchev–Trinajstić information content (AvgIpc) is 2.30. The summed E-state index contributed by atoms with van der Waals surface area (Å²) in [7, 11) is 0. The molecule has 0 radical (unpaired) electrons. The van der Waals surface area contributed by atoms with Gasteiger partial charge in [0.15, 0.2) is 0 Å². The number of carbonyl (C=O) groups is 1. The number of halogens is 1. The molecule has 2 unspecified atom stereocenters. The number of carbonyl (C=O) groups excluding carboxylic acids is 1. The van der Waals surface area contributed by atoms with Gasteiger partial charge in [-0.3, -0.25) is 4.79 Å². The lowest BCUT2D eigenvalue weighted by Gasteiger charge is -2.20. The molecular formula is C13H18FNO3. The first-order valence-corrected chi connectivity index (χ1v) is 5.78. The Bertz CT molecular complexity index is 423. The normalized spacial score (nSPS) is 14.1. The van der Waals surface area contributed by atoms with Crippen molar-refractivity contribution < 1.29 is 19.4 Å². The molecule has 5 heteroatoms. The minimum Gasteiger partial charge on any atom is -0.390 e. The van der Waals surface area contributed by atoms with E-state index >= 15 is 0 Å². The van der Waals surface area contributed by atoms with Crippen molar-refractivity contribution in [2.24, 2.45) is 0 Å². The largest absolute Gasteiger partial charge is 0.390 e. The molecule has 100 valence electrons. The molecule has 0 bridgehead atoms. The van der Waals surface area contributed by atoms with Gasteiger partial charge in [-0.1, -0.05) is 6.07 Å². The fraction of sp³-hybridized carbons (Fsp3) is 0.462. The van der Waals surface area contributed by atoms with E-state index in [4.69, 9.17) is 0 Å². The predicted molar refractivity (Wildman–Crippen MR) is 65.4 cm³/mol. The van der Waals surface area contributed by atoms with Gasteiger partial charge in [-0.15, -0.1) is 0 Å². The van der Waals surface area contributed by atoms with Crippen LogP contribution in [-0.2, 0) is 4.79 Å². The van der Waals surface area contributed by atoms with Gasteiger partial charge in [-0.2, -0.15) is 0 Å². The van der Waals surface area contributed by atoms with Crippen molar-refractivity contribution in [1.82, 2.24) is 5.32 Å². The first kappa shape index (κ1) is 14.6. The maximum absolute atomic E-state index is 13.1. The van der Waals surface area contributed by atoms with Gasteiger partial charge in [0.25, 0.3) is 0 Å². The Balaban J connectivity index is 2.64. The van der Waals surface area contributed by atoms with E-state index in [0.29, 0.717) is 11.1 Å². The second kappa shape index (κ2) is 6.47. The standard InChI is InChI=1S/C13H18FNO3/c1-8-3-4-10(14)7-11(8)13(18)12(17)5-6-15-9(2)16/h3-4,7,12-13,17-18H,5-6H2,1-2H3,(H,15,16). The summed E-state index contributed by atoms with van der Waals surface area (Å²) >= 11 is 0. The zero-order chi connectivity index (χ0) is 13.7. The quantitative estimate of drug-likeness (QED) is 0.736. The van der Waals surface area contributed by atoms with Crippen molar-refractivity contribution in [3.05, 3.63) is 35.1 Å². The lowest BCUT2D eigenvalue weighted by molar-refractivity contribution is -0.119. The molecule has 0 aliphatic carbocycles. The summed E-state index contributed by atoms with van der Waals surface area (Å²) in [6.45, 7) is 3.37. The minimum atomic E-state index is -1.16. The van der Waals surface area contributed by atoms with E-state index in [-0.39, 0.29) is 18.9 Å². The SMILES string of the molecule is CC(=O)NCCC(O)C(O)c1cc(F)ccc1C. The van der Waals surface area contributed by atoms with Crippen LogP contribution in [0.1, 0.15) is 30.6 Å². The number of benzene rings is 1. The number of aliphatic hydroxyl groups excluding tert-OH is 2. The molecule has 0 saturated carbocycles. The first-order chi connectivity index (χ1) is 8.41. The van der Waals surface area contributed by atoms with Gasteiger partial charge in [0.05, 0.1) is 6.10 Å². The van der Waals surface area contributed by atoms with Crippen molar-refractivity contribution in [3.8, 4) is 0 Å². The number of hydrogen-bond acceptors (Lipinski definition) is 3. The van der Waals surface area contributed by atoms with Crippen LogP contribution in [0.3, 0.4) is 0 Å². The van der Waals surface area contributed by atoms with Crippen molar-refractivity contribution in [2.45, 2.75) is 32.5 Å². The van der Waals surface area contributed by atoms with Crippen LogP contribution >= 0.6 is 0 Å². The topological polar surface area (TPSA) is 69.6 Å². The molecule has 0 aliphatic rings. The number of hydrogen-bond donors (Lipinski definition) is 3. The average molecular weight is 255 g/mol. The number of rotatable bonds is 5. The van der Waals surface area contributed by atoms with Gasteiger partial charge < -0.3 is 15.5 Å². The number of amides is 1. The first-order valence-electron chi connectivity index (χ1n) is 5.78. The highest BCUT2D eigenvalue weighted by atomic mass is 19.1. The van der Waals surface area contributed by atoms with Crippen molar-refractivity contribution in [3.63, 3.8) is 0 Å². The Kier molecular flexibility index (Phi) is 5.25. The Morgan fingerprint density at radius 2 is 2.11 bits per heavy atom. The van der Waals surface area contributed by atoms with Gasteiger partial charge in [0.2, 0.25) is 5.91 Å². The van der Waals surface area contributed by atoms with Crippen LogP contribution in [0, 0.1) is 12.7 Å². The summed E-state index contributed by atoms with van der Waals surface area (Å²) in [5, 5.41) is 22.2. The molecular weight excluding hydrogens is 237 g/mol. The van der Waals surface area contributed by atoms with Crippen LogP contribution in [0.25, 0.3) is 0 Å². The van der Waals surface area contributed by atoms with Gasteiger partial charge in [-0.05, 0) is 36.6 Å². The Morgan fingerprint density at radius 1 is 1.44 bits per heavy atom. The lowest BCUT2D eigenvalue weighted by Crippen LogP contribution is -2.28. The van der Waals surface area contributed by atoms with Crippen molar-refractivity contribution >= 4 is 5.91 Å². The third-order valence-electron chi connectivity index (χ3n) is 2.74. The molecule has 0 spiro atoms. The zero-order valence-corrected chi connectivity index (χ0v) is 10.5. The third kappa shape index (κ3) is 4.09. The molecule has 1 aromatic carbocycles. The van der Waals surface area contributed by atoms with E-state index in [9.17, 15) is 19.4 Å². The van der Waals surface area contributed by atoms with E-state index in [1.807, 2.05) is 0 Å². The van der Waals surface area contributed by atoms with Crippen molar-refractivity contribution in [2.75, 3.05) is 6.54 Å². The third-order valence-corrected chi connectivity index (χ3v) is 2.74. The smallest absolute Gasteiger partial charge is 0.216 e. The number of aryl methyl sites for hydroxylation is 1. The van der Waals surface area contributed by atoms with E-state index in [2.05, 4.69) is 5.32 Å². The fourth-order valence-corrected chi connectivity index (χ4v) is 1.69. The van der Waals surface area contributed by atoms with Crippen LogP contribution < -0.4 is 5.32 Å². The lowest BCUT2D eigenvalue weighted by atomic mass is 9.98. The maximum Gasteiger partial charge on any atom is 0.216 e. The number of nitrogens with one attached hydrogen (secondary N) is 1. The molecule has 0 aliphatic heterocycles. The van der Waals surface area contributed by atoms with Gasteiger partial charge >= 0.3 is 0 Å². The Morgan fingerprint density at radius 3 is 2.72 bits per heavy atom. The summed E-state index contributed by atoms with van der Waals surface area (Å²) in [5.74, 6) is -0.651. The van der Waals surface area contributed by atoms with Gasteiger partial charge in [0.1, 0.15) is 11.9 Å². The molecule has 0 aromatic heterocycles. The van der Waals surface area contributed by atoms with E-state index in [0.717, 1.165) is 0 Å². The Labute approximate surface area is 105 Å². The second-order valence-electron chi connectivity index (χ2n) is 4.28. The fourth-order valence-electron chi connectivity index (χ4n) is 1.69. The van der Waals surface area contributed by atoms with Crippen LogP contribution in [0.4, 0.5) is 4.39 Å². The van der Waals surface area contributed by atoms with Gasteiger partial charge in [0, 0.05) is 13.5 Å². The molecule has 4 nitrogen and oxygen atoms in total. The molecule has 0 saturated heterocycles. The molecule has 1 rings (SSSR count). The molecule has 0 heterocycles. The summed E-state index contributed by atoms with van der Waals surface area (Å²) in [6, 6.07) is 4.06. The summed E-state index contributed by atoms with van der Waals surface area (Å²) in [5.41, 5.74) is 1.08. The molecule has 1 amide bonds. The highest BCUT2D eigenvalue weighted by Gasteiger charge is 2.20. The second-order valence-corrected chi connectivity index (χ2v) is 4.28. The van der Waals surface area contributed by atoms with E-state index in [1.54, 1.807) is 13.0 Å². The molecule has 1 aromatic rings. The molecule has 3 N–H and O–H groups in total. The summed E-state index contributed by atoms with van der Waals surface area (Å²) in [4.78, 5) is 10.7. The zero-order valence-electron chi connectivity index (χ0n) is 10.5. The van der Waals surface area contributed by atoms with Crippen LogP contribution in [0.15, 0.2) is 18.2 Å². The summed E-state index contributed by atoms with van der Waals surface area (Å²) < 4.78 is 13.1.